The molecule has 0 atom stereocenters. The fourth-order valence-electron chi connectivity index (χ4n) is 1.43. The smallest absolute Gasteiger partial charge is 0.153 e. The van der Waals surface area contributed by atoms with Crippen molar-refractivity contribution in [3.63, 3.8) is 0 Å². The van der Waals surface area contributed by atoms with Crippen LogP contribution in [0.1, 0.15) is 33.6 Å². The molecule has 0 saturated heterocycles. The van der Waals surface area contributed by atoms with Gasteiger partial charge < -0.3 is 4.74 Å². The molecule has 0 amide bonds. The molecular formula is C12H11BrO3. The molecule has 1 aromatic rings. The predicted molar refractivity (Wildman–Crippen MR) is 63.1 cm³/mol. The second-order valence-corrected chi connectivity index (χ2v) is 4.77. The third kappa shape index (κ3) is 2.50. The van der Waals surface area contributed by atoms with Crippen LogP contribution in [0.5, 0.6) is 5.75 Å². The third-order valence-electron chi connectivity index (χ3n) is 2.52. The zero-order valence-electron chi connectivity index (χ0n) is 8.61. The number of benzene rings is 1. The van der Waals surface area contributed by atoms with E-state index in [1.165, 1.54) is 18.9 Å². The fraction of sp³-hybridized carbons (Fsp3) is 0.333. The molecule has 0 radical (unpaired) electrons. The summed E-state index contributed by atoms with van der Waals surface area (Å²) in [4.78, 5) is 21.5. The Bertz CT molecular complexity index is 425. The summed E-state index contributed by atoms with van der Waals surface area (Å²) in [6.07, 6.45) is 3.81. The average Bonchev–Trinajstić information content (AvgIpc) is 3.10. The van der Waals surface area contributed by atoms with Crippen molar-refractivity contribution in [2.24, 2.45) is 5.92 Å². The van der Waals surface area contributed by atoms with Gasteiger partial charge in [-0.15, -0.1) is 0 Å². The van der Waals surface area contributed by atoms with Gasteiger partial charge in [0.2, 0.25) is 0 Å². The first kappa shape index (κ1) is 11.3. The Morgan fingerprint density at radius 3 is 2.62 bits per heavy atom. The highest BCUT2D eigenvalue weighted by Gasteiger charge is 2.23. The van der Waals surface area contributed by atoms with E-state index in [0.29, 0.717) is 46.4 Å². The van der Waals surface area contributed by atoms with Crippen molar-refractivity contribution in [2.75, 3.05) is 6.61 Å². The molecule has 0 heterocycles. The molecule has 3 nitrogen and oxygen atoms in total. The minimum atomic E-state index is 0.414. The molecular weight excluding hydrogens is 272 g/mol. The molecule has 0 N–H and O–H groups in total. The molecule has 1 aliphatic rings. The van der Waals surface area contributed by atoms with Gasteiger partial charge in [-0.25, -0.2) is 0 Å². The lowest BCUT2D eigenvalue weighted by atomic mass is 10.1. The van der Waals surface area contributed by atoms with Crippen molar-refractivity contribution < 1.29 is 14.3 Å². The average molecular weight is 283 g/mol. The SMILES string of the molecule is O=Cc1cc(Br)c(OCC2CC2)c(C=O)c1. The Labute approximate surface area is 102 Å². The van der Waals surface area contributed by atoms with Crippen molar-refractivity contribution in [1.82, 2.24) is 0 Å². The van der Waals surface area contributed by atoms with Crippen molar-refractivity contribution in [3.8, 4) is 5.75 Å². The topological polar surface area (TPSA) is 43.4 Å². The highest BCUT2D eigenvalue weighted by atomic mass is 79.9. The third-order valence-corrected chi connectivity index (χ3v) is 3.11. The van der Waals surface area contributed by atoms with Crippen molar-refractivity contribution in [2.45, 2.75) is 12.8 Å². The largest absolute Gasteiger partial charge is 0.491 e. The van der Waals surface area contributed by atoms with E-state index in [0.717, 1.165) is 0 Å². The first-order valence-corrected chi connectivity index (χ1v) is 5.90. The van der Waals surface area contributed by atoms with Gasteiger partial charge in [-0.2, -0.15) is 0 Å². The second kappa shape index (κ2) is 4.78. The molecule has 1 aromatic carbocycles. The van der Waals surface area contributed by atoms with Crippen LogP contribution < -0.4 is 4.74 Å². The minimum absolute atomic E-state index is 0.414. The van der Waals surface area contributed by atoms with E-state index in [1.807, 2.05) is 0 Å². The molecule has 0 bridgehead atoms. The molecule has 1 fully saturated rings. The van der Waals surface area contributed by atoms with E-state index in [4.69, 9.17) is 4.74 Å². The molecule has 0 aromatic heterocycles. The predicted octanol–water partition coefficient (Wildman–Crippen LogP) is 2.86. The zero-order chi connectivity index (χ0) is 11.5. The van der Waals surface area contributed by atoms with Gasteiger partial charge in [-0.05, 0) is 46.8 Å². The minimum Gasteiger partial charge on any atom is -0.491 e. The molecule has 0 spiro atoms. The van der Waals surface area contributed by atoms with E-state index in [1.54, 1.807) is 6.07 Å². The normalized spacial score (nSPS) is 14.6. The van der Waals surface area contributed by atoms with Crippen LogP contribution in [0.25, 0.3) is 0 Å². The van der Waals surface area contributed by atoms with E-state index < -0.39 is 0 Å². The molecule has 1 saturated carbocycles. The summed E-state index contributed by atoms with van der Waals surface area (Å²) < 4.78 is 6.24. The highest BCUT2D eigenvalue weighted by Crippen LogP contribution is 2.33. The monoisotopic (exact) mass is 282 g/mol. The Kier molecular flexibility index (Phi) is 3.39. The molecule has 0 aliphatic heterocycles. The maximum atomic E-state index is 10.9. The molecule has 1 aliphatic carbocycles. The number of halogens is 1. The van der Waals surface area contributed by atoms with Gasteiger partial charge in [-0.3, -0.25) is 9.59 Å². The van der Waals surface area contributed by atoms with Crippen LogP contribution >= 0.6 is 15.9 Å². The standard InChI is InChI=1S/C12H11BrO3/c13-11-4-9(5-14)3-10(6-15)12(11)16-7-8-1-2-8/h3-6,8H,1-2,7H2. The second-order valence-electron chi connectivity index (χ2n) is 3.91. The molecule has 16 heavy (non-hydrogen) atoms. The van der Waals surface area contributed by atoms with Crippen LogP contribution in [-0.2, 0) is 0 Å². The fourth-order valence-corrected chi connectivity index (χ4v) is 2.04. The van der Waals surface area contributed by atoms with Crippen LogP contribution in [0, 0.1) is 5.92 Å². The van der Waals surface area contributed by atoms with E-state index >= 15 is 0 Å². The van der Waals surface area contributed by atoms with Gasteiger partial charge in [-0.1, -0.05) is 0 Å². The van der Waals surface area contributed by atoms with E-state index in [9.17, 15) is 9.59 Å². The molecule has 84 valence electrons. The number of aldehydes is 2. The summed E-state index contributed by atoms with van der Waals surface area (Å²) in [5.41, 5.74) is 0.880. The number of hydrogen-bond donors (Lipinski definition) is 0. The summed E-state index contributed by atoms with van der Waals surface area (Å²) in [6.45, 7) is 0.639. The summed E-state index contributed by atoms with van der Waals surface area (Å²) in [6, 6.07) is 3.19. The van der Waals surface area contributed by atoms with Gasteiger partial charge in [0.1, 0.15) is 12.0 Å². The maximum Gasteiger partial charge on any atom is 0.153 e. The lowest BCUT2D eigenvalue weighted by Gasteiger charge is -2.10. The van der Waals surface area contributed by atoms with E-state index in [-0.39, 0.29) is 0 Å². The first-order chi connectivity index (χ1) is 7.74. The summed E-state index contributed by atoms with van der Waals surface area (Å²) >= 11 is 3.31. The van der Waals surface area contributed by atoms with Crippen molar-refractivity contribution in [3.05, 3.63) is 27.7 Å². The molecule has 2 rings (SSSR count). The van der Waals surface area contributed by atoms with Crippen LogP contribution in [0.3, 0.4) is 0 Å². The summed E-state index contributed by atoms with van der Waals surface area (Å²) in [7, 11) is 0. The van der Waals surface area contributed by atoms with Gasteiger partial charge in [0.25, 0.3) is 0 Å². The van der Waals surface area contributed by atoms with Crippen molar-refractivity contribution in [1.29, 1.82) is 0 Å². The van der Waals surface area contributed by atoms with Crippen LogP contribution in [0.4, 0.5) is 0 Å². The number of carbonyl (C=O) groups excluding carboxylic acids is 2. The van der Waals surface area contributed by atoms with Crippen LogP contribution in [0.2, 0.25) is 0 Å². The lowest BCUT2D eigenvalue weighted by molar-refractivity contribution is 0.111. The summed E-state index contributed by atoms with van der Waals surface area (Å²) in [5.74, 6) is 1.16. The maximum absolute atomic E-state index is 10.9. The Morgan fingerprint density at radius 1 is 1.31 bits per heavy atom. The van der Waals surface area contributed by atoms with Gasteiger partial charge in [0.15, 0.2) is 6.29 Å². The number of rotatable bonds is 5. The van der Waals surface area contributed by atoms with Crippen LogP contribution in [0.15, 0.2) is 16.6 Å². The quantitative estimate of drug-likeness (QED) is 0.780. The molecule has 0 unspecified atom stereocenters. The lowest BCUT2D eigenvalue weighted by Crippen LogP contribution is -2.03. The highest BCUT2D eigenvalue weighted by molar-refractivity contribution is 9.10. The number of hydrogen-bond acceptors (Lipinski definition) is 3. The van der Waals surface area contributed by atoms with Crippen molar-refractivity contribution >= 4 is 28.5 Å². The van der Waals surface area contributed by atoms with Gasteiger partial charge in [0, 0.05) is 5.56 Å². The van der Waals surface area contributed by atoms with Crippen LogP contribution in [-0.4, -0.2) is 19.2 Å². The zero-order valence-corrected chi connectivity index (χ0v) is 10.2. The molecule has 4 heteroatoms. The Hall–Kier alpha value is -1.16. The first-order valence-electron chi connectivity index (χ1n) is 5.11. The number of ether oxygens (including phenoxy) is 1. The Balaban J connectivity index is 2.25. The Morgan fingerprint density at radius 2 is 2.06 bits per heavy atom. The van der Waals surface area contributed by atoms with Gasteiger partial charge in [0.05, 0.1) is 16.6 Å². The number of carbonyl (C=O) groups is 2. The van der Waals surface area contributed by atoms with Gasteiger partial charge >= 0.3 is 0 Å². The van der Waals surface area contributed by atoms with E-state index in [2.05, 4.69) is 15.9 Å². The summed E-state index contributed by atoms with van der Waals surface area (Å²) in [5, 5.41) is 0.